The number of amides is 2. The van der Waals surface area contributed by atoms with Crippen LogP contribution >= 0.6 is 0 Å². The zero-order chi connectivity index (χ0) is 35.3. The summed E-state index contributed by atoms with van der Waals surface area (Å²) in [5.74, 6) is 0.452. The summed E-state index contributed by atoms with van der Waals surface area (Å²) in [6.07, 6.45) is 9.36. The van der Waals surface area contributed by atoms with Crippen LogP contribution in [0.5, 0.6) is 0 Å². The van der Waals surface area contributed by atoms with E-state index < -0.39 is 0 Å². The van der Waals surface area contributed by atoms with Gasteiger partial charge >= 0.3 is 23.6 Å². The predicted molar refractivity (Wildman–Crippen MR) is 195 cm³/mol. The van der Waals surface area contributed by atoms with Crippen molar-refractivity contribution in [2.45, 2.75) is 51.1 Å². The normalized spacial score (nSPS) is 18.9. The topological polar surface area (TPSA) is 138 Å². The average molecular weight is 698 g/mol. The quantitative estimate of drug-likeness (QED) is 0.237. The number of carbonyl (C=O) groups excluding carboxylic acids is 2. The smallest absolute Gasteiger partial charge is 0.409 e. The molecule has 2 fully saturated rings. The Hall–Kier alpha value is -5.04. The number of nitrogens with zero attached hydrogens (tertiary/aromatic N) is 5. The van der Waals surface area contributed by atoms with E-state index in [-0.39, 0.29) is 48.9 Å². The second-order valence-corrected chi connectivity index (χ2v) is 14.0. The van der Waals surface area contributed by atoms with E-state index in [1.165, 1.54) is 5.57 Å². The second kappa shape index (κ2) is 15.5. The third kappa shape index (κ3) is 7.83. The van der Waals surface area contributed by atoms with Crippen LogP contribution in [-0.4, -0.2) is 105 Å². The van der Waals surface area contributed by atoms with Crippen LogP contribution in [0.15, 0.2) is 81.9 Å². The molecule has 2 aromatic carbocycles. The molecule has 13 heteroatoms. The fourth-order valence-electron chi connectivity index (χ4n) is 7.80. The summed E-state index contributed by atoms with van der Waals surface area (Å²) in [7, 11) is 0. The molecular weight excluding hydrogens is 650 g/mol. The number of ether oxygens (including phenoxy) is 2. The zero-order valence-electron chi connectivity index (χ0n) is 29.2. The molecule has 0 radical (unpaired) electrons. The molecule has 1 atom stereocenters. The van der Waals surface area contributed by atoms with Gasteiger partial charge in [-0.05, 0) is 62.3 Å². The Morgan fingerprint density at radius 2 is 1.22 bits per heavy atom. The summed E-state index contributed by atoms with van der Waals surface area (Å²) in [4.78, 5) is 62.9. The summed E-state index contributed by atoms with van der Waals surface area (Å²) in [5, 5.41) is 0. The first kappa shape index (κ1) is 34.4. The van der Waals surface area contributed by atoms with E-state index in [4.69, 9.17) is 9.47 Å². The number of benzene rings is 2. The number of carbonyl (C=O) groups is 2. The summed E-state index contributed by atoms with van der Waals surface area (Å²) in [5.41, 5.74) is 4.45. The van der Waals surface area contributed by atoms with Crippen molar-refractivity contribution >= 4 is 34.3 Å². The van der Waals surface area contributed by atoms with Crippen molar-refractivity contribution in [2.24, 2.45) is 5.92 Å². The predicted octanol–water partition coefficient (Wildman–Crippen LogP) is 5.04. The van der Waals surface area contributed by atoms with Gasteiger partial charge in [-0.25, -0.2) is 19.2 Å². The lowest BCUT2D eigenvalue weighted by atomic mass is 9.96. The second-order valence-electron chi connectivity index (χ2n) is 14.0. The number of nitrogens with one attached hydrogen (secondary N) is 2. The minimum Gasteiger partial charge on any atom is -0.448 e. The number of H-pyrrole nitrogens is 2. The molecular formula is C38H47N7O6. The summed E-state index contributed by atoms with van der Waals surface area (Å²) in [6.45, 7) is 6.39. The number of hydrogen-bond acceptors (Lipinski definition) is 7. The molecule has 2 saturated heterocycles. The van der Waals surface area contributed by atoms with Crippen LogP contribution in [0.2, 0.25) is 0 Å². The number of imidazole rings is 2. The first-order chi connectivity index (χ1) is 24.8. The molecule has 2 amide bonds. The lowest BCUT2D eigenvalue weighted by Crippen LogP contribution is -2.42. The van der Waals surface area contributed by atoms with Crippen molar-refractivity contribution in [3.8, 4) is 0 Å². The van der Waals surface area contributed by atoms with Gasteiger partial charge in [0, 0.05) is 57.9 Å². The van der Waals surface area contributed by atoms with Crippen molar-refractivity contribution < 1.29 is 19.1 Å². The minimum absolute atomic E-state index is 0.0200. The standard InChI is InChI=1S/C38H47N7O6/c1-27-7-6-8-28(25-27)26-41(21-23-50-37(48)42-17-13-29(14-18-42)44-33-11-4-2-9-31(33)39-35(44)46)22-24-51-38(49)43-19-15-30(16-20-43)45-34-12-5-3-10-32(34)40-36(45)47/h2-12,27,29-30H,13-26H2,1H3,(H,39,46)(H,40,47). The molecule has 2 aliphatic heterocycles. The Morgan fingerprint density at radius 1 is 0.745 bits per heavy atom. The summed E-state index contributed by atoms with van der Waals surface area (Å²) < 4.78 is 15.1. The maximum absolute atomic E-state index is 13.0. The molecule has 0 spiro atoms. The SMILES string of the molecule is CC1C=CC=C(CN(CCOC(=O)N2CCC(n3c(=O)[nH]c4ccccc43)CC2)CCOC(=O)N2CCC(n3c(=O)[nH]c4ccccc43)CC2)C1. The number of allylic oxidation sites excluding steroid dienone is 3. The zero-order valence-corrected chi connectivity index (χ0v) is 29.2. The van der Waals surface area contributed by atoms with Gasteiger partial charge in [0.1, 0.15) is 13.2 Å². The highest BCUT2D eigenvalue weighted by atomic mass is 16.6. The molecule has 4 aromatic rings. The van der Waals surface area contributed by atoms with Crippen molar-refractivity contribution in [1.29, 1.82) is 0 Å². The highest BCUT2D eigenvalue weighted by Gasteiger charge is 2.28. The van der Waals surface area contributed by atoms with Gasteiger partial charge in [-0.3, -0.25) is 14.0 Å². The first-order valence-electron chi connectivity index (χ1n) is 18.1. The Morgan fingerprint density at radius 3 is 1.69 bits per heavy atom. The number of rotatable bonds is 10. The highest BCUT2D eigenvalue weighted by Crippen LogP contribution is 2.27. The van der Waals surface area contributed by atoms with Gasteiger partial charge in [-0.15, -0.1) is 0 Å². The molecule has 3 aliphatic rings. The Labute approximate surface area is 296 Å². The number of aromatic nitrogens is 4. The van der Waals surface area contributed by atoms with Crippen molar-refractivity contribution in [3.05, 3.63) is 93.3 Å². The molecule has 1 aliphatic carbocycles. The van der Waals surface area contributed by atoms with Gasteiger partial charge in [0.2, 0.25) is 0 Å². The molecule has 0 saturated carbocycles. The Bertz CT molecular complexity index is 1900. The molecule has 51 heavy (non-hydrogen) atoms. The van der Waals surface area contributed by atoms with Crippen molar-refractivity contribution in [2.75, 3.05) is 59.0 Å². The monoisotopic (exact) mass is 697 g/mol. The number of para-hydroxylation sites is 4. The maximum atomic E-state index is 13.0. The Kier molecular flexibility index (Phi) is 10.4. The van der Waals surface area contributed by atoms with Crippen LogP contribution in [0.3, 0.4) is 0 Å². The molecule has 2 aromatic heterocycles. The third-order valence-electron chi connectivity index (χ3n) is 10.5. The molecule has 13 nitrogen and oxygen atoms in total. The largest absolute Gasteiger partial charge is 0.448 e. The van der Waals surface area contributed by atoms with E-state index in [9.17, 15) is 19.2 Å². The van der Waals surface area contributed by atoms with Gasteiger partial charge in [0.15, 0.2) is 0 Å². The van der Waals surface area contributed by atoms with Gasteiger partial charge in [-0.1, -0.05) is 55.0 Å². The first-order valence-corrected chi connectivity index (χ1v) is 18.1. The van der Waals surface area contributed by atoms with Crippen LogP contribution in [0.4, 0.5) is 9.59 Å². The maximum Gasteiger partial charge on any atom is 0.409 e. The molecule has 1 unspecified atom stereocenters. The number of aromatic amines is 2. The highest BCUT2D eigenvalue weighted by molar-refractivity contribution is 5.76. The number of hydrogen-bond donors (Lipinski definition) is 2. The van der Waals surface area contributed by atoms with E-state index in [0.29, 0.717) is 77.4 Å². The molecule has 7 rings (SSSR count). The molecule has 2 N–H and O–H groups in total. The van der Waals surface area contributed by atoms with E-state index in [1.54, 1.807) is 9.80 Å². The van der Waals surface area contributed by atoms with Crippen LogP contribution in [0, 0.1) is 5.92 Å². The van der Waals surface area contributed by atoms with E-state index in [0.717, 1.165) is 28.5 Å². The van der Waals surface area contributed by atoms with E-state index in [2.05, 4.69) is 40.0 Å². The van der Waals surface area contributed by atoms with E-state index >= 15 is 0 Å². The van der Waals surface area contributed by atoms with E-state index in [1.807, 2.05) is 57.7 Å². The molecule has 270 valence electrons. The van der Waals surface area contributed by atoms with Gasteiger partial charge in [-0.2, -0.15) is 0 Å². The summed E-state index contributed by atoms with van der Waals surface area (Å²) in [6, 6.07) is 15.4. The lowest BCUT2D eigenvalue weighted by molar-refractivity contribution is 0.0672. The third-order valence-corrected chi connectivity index (χ3v) is 10.5. The Balaban J connectivity index is 0.877. The number of piperidine rings is 2. The van der Waals surface area contributed by atoms with Crippen molar-refractivity contribution in [3.63, 3.8) is 0 Å². The van der Waals surface area contributed by atoms with Crippen LogP contribution in [0.1, 0.15) is 51.1 Å². The average Bonchev–Trinajstić information content (AvgIpc) is 3.66. The van der Waals surface area contributed by atoms with Crippen LogP contribution in [0.25, 0.3) is 22.1 Å². The minimum atomic E-state index is -0.349. The lowest BCUT2D eigenvalue weighted by Gasteiger charge is -2.32. The van der Waals surface area contributed by atoms with Gasteiger partial charge in [0.05, 0.1) is 22.1 Å². The van der Waals surface area contributed by atoms with Crippen LogP contribution < -0.4 is 11.4 Å². The summed E-state index contributed by atoms with van der Waals surface area (Å²) >= 11 is 0. The van der Waals surface area contributed by atoms with Gasteiger partial charge < -0.3 is 29.2 Å². The van der Waals surface area contributed by atoms with Crippen molar-refractivity contribution in [1.82, 2.24) is 33.8 Å². The molecule has 0 bridgehead atoms. The fraction of sp³-hybridized carbons (Fsp3) is 0.474. The number of fused-ring (bicyclic) bond motifs is 2. The fourth-order valence-corrected chi connectivity index (χ4v) is 7.80. The van der Waals surface area contributed by atoms with Crippen LogP contribution in [-0.2, 0) is 9.47 Å². The molecule has 4 heterocycles. The van der Waals surface area contributed by atoms with Gasteiger partial charge in [0.25, 0.3) is 0 Å². The number of likely N-dealkylation sites (tertiary alicyclic amines) is 2.